The van der Waals surface area contributed by atoms with E-state index in [1.807, 2.05) is 17.9 Å². The van der Waals surface area contributed by atoms with Crippen LogP contribution in [0.25, 0.3) is 0 Å². The van der Waals surface area contributed by atoms with Gasteiger partial charge in [-0.05, 0) is 12.8 Å². The van der Waals surface area contributed by atoms with Gasteiger partial charge in [0.25, 0.3) is 0 Å². The van der Waals surface area contributed by atoms with Crippen LogP contribution >= 0.6 is 0 Å². The summed E-state index contributed by atoms with van der Waals surface area (Å²) in [7, 11) is 1.95. The smallest absolute Gasteiger partial charge is 0.0540 e. The van der Waals surface area contributed by atoms with Crippen molar-refractivity contribution in [2.45, 2.75) is 33.2 Å². The summed E-state index contributed by atoms with van der Waals surface area (Å²) in [5.74, 6) is 6.09. The van der Waals surface area contributed by atoms with Crippen LogP contribution in [0.15, 0.2) is 6.20 Å². The van der Waals surface area contributed by atoms with Gasteiger partial charge in [-0.15, -0.1) is 0 Å². The lowest BCUT2D eigenvalue weighted by atomic mass is 9.93. The lowest BCUT2D eigenvalue weighted by Crippen LogP contribution is -2.32. The molecule has 0 aliphatic rings. The van der Waals surface area contributed by atoms with Gasteiger partial charge in [0.05, 0.1) is 12.2 Å². The summed E-state index contributed by atoms with van der Waals surface area (Å²) in [6, 6.07) is 0.202. The van der Waals surface area contributed by atoms with E-state index in [1.54, 1.807) is 0 Å². The van der Waals surface area contributed by atoms with Crippen LogP contribution in [0.1, 0.15) is 37.6 Å². The van der Waals surface area contributed by atoms with E-state index in [0.717, 1.165) is 6.42 Å². The summed E-state index contributed by atoms with van der Waals surface area (Å²) >= 11 is 0. The Balaban J connectivity index is 2.94. The average molecular weight is 196 g/mol. The van der Waals surface area contributed by atoms with Crippen molar-refractivity contribution in [2.24, 2.45) is 18.8 Å². The monoisotopic (exact) mass is 196 g/mol. The molecule has 2 unspecified atom stereocenters. The maximum atomic E-state index is 5.57. The van der Waals surface area contributed by atoms with E-state index < -0.39 is 0 Å². The lowest BCUT2D eigenvalue weighted by Gasteiger charge is -2.21. The first-order valence-electron chi connectivity index (χ1n) is 5.06. The predicted molar refractivity (Wildman–Crippen MR) is 57.5 cm³/mol. The van der Waals surface area contributed by atoms with Gasteiger partial charge in [-0.25, -0.2) is 0 Å². The first-order valence-corrected chi connectivity index (χ1v) is 5.06. The number of hydrogen-bond acceptors (Lipinski definition) is 3. The molecular weight excluding hydrogens is 176 g/mol. The Morgan fingerprint density at radius 2 is 2.29 bits per heavy atom. The van der Waals surface area contributed by atoms with E-state index in [0.29, 0.717) is 5.92 Å². The van der Waals surface area contributed by atoms with Gasteiger partial charge in [0.2, 0.25) is 0 Å². The Hall–Kier alpha value is -0.870. The molecule has 1 aromatic heterocycles. The third-order valence-corrected chi connectivity index (χ3v) is 3.00. The third kappa shape index (κ3) is 1.96. The average Bonchev–Trinajstić information content (AvgIpc) is 2.50. The van der Waals surface area contributed by atoms with Crippen LogP contribution in [-0.2, 0) is 7.05 Å². The largest absolute Gasteiger partial charge is 0.273 e. The highest BCUT2D eigenvalue weighted by Crippen LogP contribution is 2.25. The minimum absolute atomic E-state index is 0.202. The first-order chi connectivity index (χ1) is 6.61. The normalized spacial score (nSPS) is 15.5. The molecule has 0 spiro atoms. The minimum atomic E-state index is 0.202. The topological polar surface area (TPSA) is 55.9 Å². The molecule has 1 heterocycles. The van der Waals surface area contributed by atoms with Crippen molar-refractivity contribution in [1.29, 1.82) is 0 Å². The quantitative estimate of drug-likeness (QED) is 0.563. The van der Waals surface area contributed by atoms with Gasteiger partial charge in [-0.1, -0.05) is 20.3 Å². The molecule has 0 aliphatic carbocycles. The van der Waals surface area contributed by atoms with Crippen molar-refractivity contribution < 1.29 is 0 Å². The van der Waals surface area contributed by atoms with E-state index in [2.05, 4.69) is 31.3 Å². The second-order valence-electron chi connectivity index (χ2n) is 3.84. The maximum Gasteiger partial charge on any atom is 0.0540 e. The van der Waals surface area contributed by atoms with Gasteiger partial charge >= 0.3 is 0 Å². The Bertz CT molecular complexity index is 292. The van der Waals surface area contributed by atoms with Crippen LogP contribution < -0.4 is 11.3 Å². The SMILES string of the molecule is CCC(C)C(NN)c1cnn(C)c1C. The second-order valence-corrected chi connectivity index (χ2v) is 3.84. The number of nitrogens with two attached hydrogens (primary N) is 1. The van der Waals surface area contributed by atoms with Gasteiger partial charge in [-0.2, -0.15) is 5.10 Å². The molecule has 0 radical (unpaired) electrons. The molecule has 2 atom stereocenters. The Morgan fingerprint density at radius 1 is 1.64 bits per heavy atom. The van der Waals surface area contributed by atoms with Crippen molar-refractivity contribution in [3.63, 3.8) is 0 Å². The molecule has 0 saturated heterocycles. The number of aryl methyl sites for hydroxylation is 1. The van der Waals surface area contributed by atoms with Gasteiger partial charge < -0.3 is 0 Å². The van der Waals surface area contributed by atoms with Crippen molar-refractivity contribution in [2.75, 3.05) is 0 Å². The van der Waals surface area contributed by atoms with Crippen molar-refractivity contribution in [1.82, 2.24) is 15.2 Å². The van der Waals surface area contributed by atoms with Gasteiger partial charge in [-0.3, -0.25) is 16.0 Å². The molecule has 0 amide bonds. The van der Waals surface area contributed by atoms with Crippen LogP contribution in [0.4, 0.5) is 0 Å². The van der Waals surface area contributed by atoms with Crippen molar-refractivity contribution in [3.05, 3.63) is 17.5 Å². The summed E-state index contributed by atoms with van der Waals surface area (Å²) < 4.78 is 1.88. The van der Waals surface area contributed by atoms with Gasteiger partial charge in [0.1, 0.15) is 0 Å². The highest BCUT2D eigenvalue weighted by Gasteiger charge is 2.20. The Labute approximate surface area is 85.5 Å². The van der Waals surface area contributed by atoms with Gasteiger partial charge in [0.15, 0.2) is 0 Å². The number of nitrogens with zero attached hydrogens (tertiary/aromatic N) is 2. The zero-order valence-electron chi connectivity index (χ0n) is 9.41. The highest BCUT2D eigenvalue weighted by molar-refractivity contribution is 5.20. The standard InChI is InChI=1S/C10H20N4/c1-5-7(2)10(13-11)9-6-12-14(4)8(9)3/h6-7,10,13H,5,11H2,1-4H3. The maximum absolute atomic E-state index is 5.57. The molecule has 80 valence electrons. The molecule has 4 nitrogen and oxygen atoms in total. The fraction of sp³-hybridized carbons (Fsp3) is 0.700. The number of rotatable bonds is 4. The van der Waals surface area contributed by atoms with Crippen LogP contribution in [0.3, 0.4) is 0 Å². The highest BCUT2D eigenvalue weighted by atomic mass is 15.3. The summed E-state index contributed by atoms with van der Waals surface area (Å²) in [6.07, 6.45) is 3.00. The van der Waals surface area contributed by atoms with E-state index in [-0.39, 0.29) is 6.04 Å². The third-order valence-electron chi connectivity index (χ3n) is 3.00. The molecule has 1 aromatic rings. The predicted octanol–water partition coefficient (Wildman–Crippen LogP) is 1.28. The molecule has 0 aliphatic heterocycles. The second kappa shape index (κ2) is 4.57. The number of hydrogen-bond donors (Lipinski definition) is 2. The molecule has 0 aromatic carbocycles. The fourth-order valence-electron chi connectivity index (χ4n) is 1.62. The molecule has 14 heavy (non-hydrogen) atoms. The number of hydrazine groups is 1. The fourth-order valence-corrected chi connectivity index (χ4v) is 1.62. The van der Waals surface area contributed by atoms with Crippen LogP contribution in [-0.4, -0.2) is 9.78 Å². The van der Waals surface area contributed by atoms with Crippen LogP contribution in [0.5, 0.6) is 0 Å². The van der Waals surface area contributed by atoms with E-state index in [4.69, 9.17) is 5.84 Å². The van der Waals surface area contributed by atoms with E-state index in [9.17, 15) is 0 Å². The zero-order valence-corrected chi connectivity index (χ0v) is 9.41. The number of nitrogens with one attached hydrogen (secondary N) is 1. The summed E-state index contributed by atoms with van der Waals surface area (Å²) in [5, 5.41) is 4.22. The summed E-state index contributed by atoms with van der Waals surface area (Å²) in [4.78, 5) is 0. The van der Waals surface area contributed by atoms with Gasteiger partial charge in [0, 0.05) is 18.3 Å². The van der Waals surface area contributed by atoms with Crippen molar-refractivity contribution >= 4 is 0 Å². The zero-order chi connectivity index (χ0) is 10.7. The summed E-state index contributed by atoms with van der Waals surface area (Å²) in [5.41, 5.74) is 5.24. The molecule has 0 saturated carbocycles. The Kier molecular flexibility index (Phi) is 3.66. The lowest BCUT2D eigenvalue weighted by molar-refractivity contribution is 0.381. The number of aromatic nitrogens is 2. The molecule has 3 N–H and O–H groups in total. The first kappa shape index (κ1) is 11.2. The van der Waals surface area contributed by atoms with E-state index >= 15 is 0 Å². The Morgan fingerprint density at radius 3 is 2.64 bits per heavy atom. The molecule has 0 fully saturated rings. The molecular formula is C10H20N4. The van der Waals surface area contributed by atoms with E-state index in [1.165, 1.54) is 11.3 Å². The summed E-state index contributed by atoms with van der Waals surface area (Å²) in [6.45, 7) is 6.42. The molecule has 1 rings (SSSR count). The molecule has 0 bridgehead atoms. The molecule has 4 heteroatoms. The van der Waals surface area contributed by atoms with Crippen LogP contribution in [0.2, 0.25) is 0 Å². The minimum Gasteiger partial charge on any atom is -0.273 e. The van der Waals surface area contributed by atoms with Crippen LogP contribution in [0, 0.1) is 12.8 Å². The van der Waals surface area contributed by atoms with Crippen molar-refractivity contribution in [3.8, 4) is 0 Å².